The van der Waals surface area contributed by atoms with Crippen molar-refractivity contribution in [3.05, 3.63) is 131 Å². The van der Waals surface area contributed by atoms with Crippen molar-refractivity contribution in [3.63, 3.8) is 0 Å². The Labute approximate surface area is 188 Å². The summed E-state index contributed by atoms with van der Waals surface area (Å²) in [6.07, 6.45) is 0. The Morgan fingerprint density at radius 1 is 0.750 bits per heavy atom. The second-order valence-electron chi connectivity index (χ2n) is 7.37. The van der Waals surface area contributed by atoms with Crippen LogP contribution in [0.25, 0.3) is 0 Å². The summed E-state index contributed by atoms with van der Waals surface area (Å²) in [5.74, 6) is 0.927. The summed E-state index contributed by atoms with van der Waals surface area (Å²) in [4.78, 5) is 13.2. The minimum absolute atomic E-state index is 0.185. The summed E-state index contributed by atoms with van der Waals surface area (Å²) in [6.45, 7) is 0.423. The van der Waals surface area contributed by atoms with E-state index in [0.717, 1.165) is 16.7 Å². The van der Waals surface area contributed by atoms with E-state index in [1.807, 2.05) is 91.0 Å². The van der Waals surface area contributed by atoms with Gasteiger partial charge in [-0.1, -0.05) is 91.0 Å². The quantitative estimate of drug-likeness (QED) is 0.390. The maximum atomic E-state index is 13.2. The Kier molecular flexibility index (Phi) is 6.83. The van der Waals surface area contributed by atoms with Crippen molar-refractivity contribution in [1.29, 1.82) is 0 Å². The summed E-state index contributed by atoms with van der Waals surface area (Å²) in [6, 6.07) is 34.8. The standard InChI is InChI=1S/C28H25NO3/c1-31-26-19-24(17-18-25(26)32-20-21-11-5-2-6-12-21)28(30)29-27(22-13-7-3-8-14-22)23-15-9-4-10-16-23/h2-19,27H,20H2,1H3,(H,29,30). The first-order chi connectivity index (χ1) is 15.7. The molecule has 0 atom stereocenters. The second-order valence-corrected chi connectivity index (χ2v) is 7.37. The zero-order valence-corrected chi connectivity index (χ0v) is 17.9. The highest BCUT2D eigenvalue weighted by Gasteiger charge is 2.19. The van der Waals surface area contributed by atoms with Crippen LogP contribution in [0.2, 0.25) is 0 Å². The Morgan fingerprint density at radius 3 is 1.88 bits per heavy atom. The minimum Gasteiger partial charge on any atom is -0.493 e. The topological polar surface area (TPSA) is 47.6 Å². The van der Waals surface area contributed by atoms with Crippen molar-refractivity contribution in [2.45, 2.75) is 12.6 Å². The molecule has 0 saturated carbocycles. The average Bonchev–Trinajstić information content (AvgIpc) is 2.87. The van der Waals surface area contributed by atoms with Crippen molar-refractivity contribution in [2.24, 2.45) is 0 Å². The number of benzene rings is 4. The van der Waals surface area contributed by atoms with Crippen molar-refractivity contribution in [3.8, 4) is 11.5 Å². The first-order valence-corrected chi connectivity index (χ1v) is 10.5. The third-order valence-corrected chi connectivity index (χ3v) is 5.20. The van der Waals surface area contributed by atoms with E-state index >= 15 is 0 Å². The highest BCUT2D eigenvalue weighted by Crippen LogP contribution is 2.30. The van der Waals surface area contributed by atoms with E-state index < -0.39 is 0 Å². The Hall–Kier alpha value is -4.05. The van der Waals surface area contributed by atoms with Gasteiger partial charge in [0.05, 0.1) is 13.2 Å². The van der Waals surface area contributed by atoms with Crippen LogP contribution in [0.15, 0.2) is 109 Å². The highest BCUT2D eigenvalue weighted by molar-refractivity contribution is 5.95. The molecule has 0 bridgehead atoms. The second kappa shape index (κ2) is 10.3. The van der Waals surface area contributed by atoms with Crippen molar-refractivity contribution >= 4 is 5.91 Å². The fourth-order valence-corrected chi connectivity index (χ4v) is 3.53. The van der Waals surface area contributed by atoms with Gasteiger partial charge in [-0.25, -0.2) is 0 Å². The summed E-state index contributed by atoms with van der Waals surface area (Å²) in [7, 11) is 1.57. The van der Waals surface area contributed by atoms with E-state index in [1.54, 1.807) is 25.3 Å². The number of hydrogen-bond donors (Lipinski definition) is 1. The zero-order valence-electron chi connectivity index (χ0n) is 17.9. The molecule has 160 valence electrons. The smallest absolute Gasteiger partial charge is 0.252 e. The molecule has 4 aromatic rings. The molecule has 0 spiro atoms. The molecule has 4 nitrogen and oxygen atoms in total. The van der Waals surface area contributed by atoms with Crippen LogP contribution in [0.3, 0.4) is 0 Å². The lowest BCUT2D eigenvalue weighted by Crippen LogP contribution is -2.29. The predicted octanol–water partition coefficient (Wildman–Crippen LogP) is 5.79. The lowest BCUT2D eigenvalue weighted by atomic mass is 9.98. The number of hydrogen-bond acceptors (Lipinski definition) is 3. The normalized spacial score (nSPS) is 10.6. The van der Waals surface area contributed by atoms with Crippen LogP contribution in [-0.2, 0) is 6.61 Å². The van der Waals surface area contributed by atoms with Crippen LogP contribution in [0.5, 0.6) is 11.5 Å². The van der Waals surface area contributed by atoms with Gasteiger partial charge >= 0.3 is 0 Å². The molecule has 0 aliphatic heterocycles. The summed E-state index contributed by atoms with van der Waals surface area (Å²) in [5, 5.41) is 3.16. The summed E-state index contributed by atoms with van der Waals surface area (Å²) >= 11 is 0. The van der Waals surface area contributed by atoms with Gasteiger partial charge in [0.2, 0.25) is 0 Å². The van der Waals surface area contributed by atoms with Crippen molar-refractivity contribution in [1.82, 2.24) is 5.32 Å². The molecule has 0 saturated heterocycles. The molecule has 32 heavy (non-hydrogen) atoms. The van der Waals surface area contributed by atoms with Crippen molar-refractivity contribution in [2.75, 3.05) is 7.11 Å². The van der Waals surface area contributed by atoms with E-state index in [1.165, 1.54) is 0 Å². The first kappa shape index (κ1) is 21.2. The Morgan fingerprint density at radius 2 is 1.31 bits per heavy atom. The first-order valence-electron chi connectivity index (χ1n) is 10.5. The predicted molar refractivity (Wildman–Crippen MR) is 126 cm³/mol. The molecule has 0 unspecified atom stereocenters. The molecule has 0 radical (unpaired) electrons. The molecular formula is C28H25NO3. The van der Waals surface area contributed by atoms with Gasteiger partial charge in [-0.05, 0) is 34.9 Å². The Balaban J connectivity index is 1.53. The monoisotopic (exact) mass is 423 g/mol. The van der Waals surface area contributed by atoms with Gasteiger partial charge in [-0.3, -0.25) is 4.79 Å². The number of amides is 1. The van der Waals surface area contributed by atoms with Crippen molar-refractivity contribution < 1.29 is 14.3 Å². The van der Waals surface area contributed by atoms with Gasteiger partial charge in [0, 0.05) is 5.56 Å². The lowest BCUT2D eigenvalue weighted by molar-refractivity contribution is 0.0942. The minimum atomic E-state index is -0.259. The van der Waals surface area contributed by atoms with Gasteiger partial charge in [-0.2, -0.15) is 0 Å². The largest absolute Gasteiger partial charge is 0.493 e. The fourth-order valence-electron chi connectivity index (χ4n) is 3.53. The van der Waals surface area contributed by atoms with Crippen LogP contribution < -0.4 is 14.8 Å². The number of rotatable bonds is 8. The van der Waals surface area contributed by atoms with Gasteiger partial charge in [0.15, 0.2) is 11.5 Å². The molecule has 0 heterocycles. The summed E-state index contributed by atoms with van der Waals surface area (Å²) < 4.78 is 11.4. The van der Waals surface area contributed by atoms with Crippen LogP contribution in [0, 0.1) is 0 Å². The van der Waals surface area contributed by atoms with E-state index in [-0.39, 0.29) is 11.9 Å². The molecule has 4 rings (SSSR count). The average molecular weight is 424 g/mol. The van der Waals surface area contributed by atoms with Gasteiger partial charge in [0.1, 0.15) is 6.61 Å². The highest BCUT2D eigenvalue weighted by atomic mass is 16.5. The van der Waals surface area contributed by atoms with E-state index in [2.05, 4.69) is 5.32 Å². The molecule has 0 aliphatic carbocycles. The van der Waals surface area contributed by atoms with E-state index in [4.69, 9.17) is 9.47 Å². The molecule has 4 aromatic carbocycles. The van der Waals surface area contributed by atoms with E-state index in [9.17, 15) is 4.79 Å². The molecule has 4 heteroatoms. The number of ether oxygens (including phenoxy) is 2. The number of carbonyl (C=O) groups is 1. The maximum Gasteiger partial charge on any atom is 0.252 e. The van der Waals surface area contributed by atoms with Crippen LogP contribution in [-0.4, -0.2) is 13.0 Å². The molecular weight excluding hydrogens is 398 g/mol. The summed E-state index contributed by atoms with van der Waals surface area (Å²) in [5.41, 5.74) is 3.60. The zero-order chi connectivity index (χ0) is 22.2. The SMILES string of the molecule is COc1cc(C(=O)NC(c2ccccc2)c2ccccc2)ccc1OCc1ccccc1. The van der Waals surface area contributed by atoms with Crippen LogP contribution >= 0.6 is 0 Å². The molecule has 1 amide bonds. The lowest BCUT2D eigenvalue weighted by Gasteiger charge is -2.20. The number of methoxy groups -OCH3 is 1. The van der Waals surface area contributed by atoms with Gasteiger partial charge in [-0.15, -0.1) is 0 Å². The third kappa shape index (κ3) is 5.16. The molecule has 1 N–H and O–H groups in total. The van der Waals surface area contributed by atoms with Gasteiger partial charge < -0.3 is 14.8 Å². The van der Waals surface area contributed by atoms with Crippen LogP contribution in [0.1, 0.15) is 33.1 Å². The number of nitrogens with one attached hydrogen (secondary N) is 1. The van der Waals surface area contributed by atoms with E-state index in [0.29, 0.717) is 23.7 Å². The van der Waals surface area contributed by atoms with Crippen LogP contribution in [0.4, 0.5) is 0 Å². The third-order valence-electron chi connectivity index (χ3n) is 5.20. The fraction of sp³-hybridized carbons (Fsp3) is 0.107. The Bertz CT molecular complexity index is 1110. The molecule has 0 aromatic heterocycles. The molecule has 0 aliphatic rings. The van der Waals surface area contributed by atoms with Gasteiger partial charge in [0.25, 0.3) is 5.91 Å². The molecule has 0 fully saturated rings. The number of carbonyl (C=O) groups excluding carboxylic acids is 1. The maximum absolute atomic E-state index is 13.2.